The number of alkyl halides is 2. The van der Waals surface area contributed by atoms with E-state index in [0.717, 1.165) is 11.3 Å². The van der Waals surface area contributed by atoms with E-state index in [1.165, 1.54) is 0 Å². The highest BCUT2D eigenvalue weighted by molar-refractivity contribution is 5.33. The van der Waals surface area contributed by atoms with Crippen LogP contribution in [0.3, 0.4) is 0 Å². The third-order valence-electron chi connectivity index (χ3n) is 2.68. The number of halogens is 2. The summed E-state index contributed by atoms with van der Waals surface area (Å²) in [6, 6.07) is 9.40. The zero-order valence-electron chi connectivity index (χ0n) is 10.2. The third-order valence-corrected chi connectivity index (χ3v) is 2.68. The number of nitrogens with zero attached hydrogens (tertiary/aromatic N) is 2. The average molecular weight is 267 g/mol. The van der Waals surface area contributed by atoms with Crippen LogP contribution in [0, 0.1) is 0 Å². The van der Waals surface area contributed by atoms with E-state index < -0.39 is 12.5 Å². The molecule has 2 N–H and O–H groups in total. The van der Waals surface area contributed by atoms with Crippen LogP contribution in [0.2, 0.25) is 0 Å². The van der Waals surface area contributed by atoms with Gasteiger partial charge < -0.3 is 10.4 Å². The molecule has 0 aliphatic heterocycles. The predicted molar refractivity (Wildman–Crippen MR) is 67.3 cm³/mol. The topological polar surface area (TPSA) is 50.1 Å². The Morgan fingerprint density at radius 3 is 2.58 bits per heavy atom. The first kappa shape index (κ1) is 13.6. The fraction of sp³-hybridized carbons (Fsp3) is 0.308. The van der Waals surface area contributed by atoms with Crippen LogP contribution in [-0.2, 0) is 6.54 Å². The van der Waals surface area contributed by atoms with Crippen LogP contribution >= 0.6 is 0 Å². The van der Waals surface area contributed by atoms with Crippen molar-refractivity contribution in [1.29, 1.82) is 0 Å². The maximum absolute atomic E-state index is 12.1. The molecule has 0 radical (unpaired) electrons. The van der Waals surface area contributed by atoms with Gasteiger partial charge in [-0.2, -0.15) is 5.10 Å². The minimum Gasteiger partial charge on any atom is -0.386 e. The van der Waals surface area contributed by atoms with E-state index >= 15 is 0 Å². The lowest BCUT2D eigenvalue weighted by Gasteiger charge is -2.11. The van der Waals surface area contributed by atoms with Crippen LogP contribution in [0.25, 0.3) is 5.69 Å². The van der Waals surface area contributed by atoms with Gasteiger partial charge in [0.1, 0.15) is 6.10 Å². The zero-order chi connectivity index (χ0) is 13.7. The Morgan fingerprint density at radius 2 is 2.00 bits per heavy atom. The Bertz CT molecular complexity index is 485. The van der Waals surface area contributed by atoms with Crippen molar-refractivity contribution in [1.82, 2.24) is 15.1 Å². The second kappa shape index (κ2) is 6.40. The van der Waals surface area contributed by atoms with Gasteiger partial charge in [-0.1, -0.05) is 12.1 Å². The van der Waals surface area contributed by atoms with Gasteiger partial charge >= 0.3 is 0 Å². The van der Waals surface area contributed by atoms with Gasteiger partial charge in [0.2, 0.25) is 0 Å². The zero-order valence-corrected chi connectivity index (χ0v) is 10.2. The molecule has 4 nitrogen and oxygen atoms in total. The molecule has 0 bridgehead atoms. The lowest BCUT2D eigenvalue weighted by molar-refractivity contribution is -0.00340. The summed E-state index contributed by atoms with van der Waals surface area (Å²) in [4.78, 5) is 0. The second-order valence-electron chi connectivity index (χ2n) is 4.15. The largest absolute Gasteiger partial charge is 0.386 e. The highest BCUT2D eigenvalue weighted by Gasteiger charge is 2.15. The molecule has 0 fully saturated rings. The molecule has 0 saturated heterocycles. The Balaban J connectivity index is 1.86. The summed E-state index contributed by atoms with van der Waals surface area (Å²) in [5.74, 6) is 0. The number of benzene rings is 1. The minimum atomic E-state index is -2.71. The lowest BCUT2D eigenvalue weighted by atomic mass is 10.2. The lowest BCUT2D eigenvalue weighted by Crippen LogP contribution is -2.31. The van der Waals surface area contributed by atoms with Gasteiger partial charge in [0.05, 0.1) is 5.69 Å². The summed E-state index contributed by atoms with van der Waals surface area (Å²) in [7, 11) is 0. The van der Waals surface area contributed by atoms with Gasteiger partial charge in [0.15, 0.2) is 0 Å². The Hall–Kier alpha value is -1.79. The number of hydrogen-bond acceptors (Lipinski definition) is 3. The van der Waals surface area contributed by atoms with Crippen LogP contribution in [0.1, 0.15) is 5.56 Å². The highest BCUT2D eigenvalue weighted by Crippen LogP contribution is 2.08. The molecular formula is C13H15F2N3O. The van der Waals surface area contributed by atoms with Crippen LogP contribution in [0.5, 0.6) is 0 Å². The molecule has 1 atom stereocenters. The SMILES string of the molecule is OC(CNCc1ccc(-n2cccn2)cc1)C(F)F. The van der Waals surface area contributed by atoms with Crippen LogP contribution < -0.4 is 5.32 Å². The predicted octanol–water partition coefficient (Wildman–Crippen LogP) is 1.59. The van der Waals surface area contributed by atoms with Gasteiger partial charge in [-0.25, -0.2) is 13.5 Å². The molecule has 2 rings (SSSR count). The van der Waals surface area contributed by atoms with Crippen molar-refractivity contribution in [2.45, 2.75) is 19.1 Å². The molecule has 2 aromatic rings. The minimum absolute atomic E-state index is 0.126. The maximum Gasteiger partial charge on any atom is 0.265 e. The third kappa shape index (κ3) is 3.84. The number of rotatable bonds is 6. The van der Waals surface area contributed by atoms with Crippen molar-refractivity contribution in [3.8, 4) is 5.69 Å². The molecule has 0 aliphatic carbocycles. The highest BCUT2D eigenvalue weighted by atomic mass is 19.3. The summed E-state index contributed by atoms with van der Waals surface area (Å²) in [5, 5.41) is 15.8. The average Bonchev–Trinajstić information content (AvgIpc) is 2.93. The van der Waals surface area contributed by atoms with Gasteiger partial charge in [0.25, 0.3) is 6.43 Å². The Labute approximate surface area is 109 Å². The van der Waals surface area contributed by atoms with E-state index in [0.29, 0.717) is 6.54 Å². The fourth-order valence-electron chi connectivity index (χ4n) is 1.64. The number of hydrogen-bond donors (Lipinski definition) is 2. The molecule has 0 aliphatic rings. The van der Waals surface area contributed by atoms with E-state index in [1.54, 1.807) is 10.9 Å². The molecule has 1 aromatic heterocycles. The van der Waals surface area contributed by atoms with Gasteiger partial charge in [0, 0.05) is 25.5 Å². The van der Waals surface area contributed by atoms with E-state index in [4.69, 9.17) is 5.11 Å². The number of nitrogens with one attached hydrogen (secondary N) is 1. The summed E-state index contributed by atoms with van der Waals surface area (Å²) < 4.78 is 25.9. The van der Waals surface area contributed by atoms with Gasteiger partial charge in [-0.3, -0.25) is 0 Å². The molecule has 19 heavy (non-hydrogen) atoms. The van der Waals surface area contributed by atoms with Crippen molar-refractivity contribution in [3.05, 3.63) is 48.3 Å². The fourth-order valence-corrected chi connectivity index (χ4v) is 1.64. The molecule has 1 heterocycles. The summed E-state index contributed by atoms with van der Waals surface area (Å²) in [6.45, 7) is 0.307. The molecular weight excluding hydrogens is 252 g/mol. The van der Waals surface area contributed by atoms with E-state index in [1.807, 2.05) is 36.5 Å². The van der Waals surface area contributed by atoms with Crippen molar-refractivity contribution >= 4 is 0 Å². The second-order valence-corrected chi connectivity index (χ2v) is 4.15. The van der Waals surface area contributed by atoms with Crippen LogP contribution in [0.4, 0.5) is 8.78 Å². The smallest absolute Gasteiger partial charge is 0.265 e. The van der Waals surface area contributed by atoms with Crippen molar-refractivity contribution in [2.24, 2.45) is 0 Å². The number of aromatic nitrogens is 2. The first-order valence-corrected chi connectivity index (χ1v) is 5.92. The first-order valence-electron chi connectivity index (χ1n) is 5.92. The van der Waals surface area contributed by atoms with E-state index in [-0.39, 0.29) is 6.54 Å². The molecule has 1 aromatic carbocycles. The van der Waals surface area contributed by atoms with Crippen LogP contribution in [-0.4, -0.2) is 34.0 Å². The molecule has 0 saturated carbocycles. The van der Waals surface area contributed by atoms with E-state index in [2.05, 4.69) is 10.4 Å². The number of aliphatic hydroxyl groups is 1. The molecule has 0 spiro atoms. The van der Waals surface area contributed by atoms with Crippen molar-refractivity contribution in [2.75, 3.05) is 6.54 Å². The van der Waals surface area contributed by atoms with Crippen LogP contribution in [0.15, 0.2) is 42.7 Å². The molecule has 1 unspecified atom stereocenters. The Morgan fingerprint density at radius 1 is 1.26 bits per heavy atom. The monoisotopic (exact) mass is 267 g/mol. The first-order chi connectivity index (χ1) is 9.16. The molecule has 6 heteroatoms. The van der Waals surface area contributed by atoms with Gasteiger partial charge in [-0.05, 0) is 23.8 Å². The molecule has 102 valence electrons. The summed E-state index contributed by atoms with van der Waals surface area (Å²) in [6.07, 6.45) is -0.800. The van der Waals surface area contributed by atoms with E-state index in [9.17, 15) is 8.78 Å². The summed E-state index contributed by atoms with van der Waals surface area (Å²) in [5.41, 5.74) is 1.89. The van der Waals surface area contributed by atoms with Gasteiger partial charge in [-0.15, -0.1) is 0 Å². The van der Waals surface area contributed by atoms with Crippen molar-refractivity contribution < 1.29 is 13.9 Å². The Kier molecular flexibility index (Phi) is 4.59. The quantitative estimate of drug-likeness (QED) is 0.835. The summed E-state index contributed by atoms with van der Waals surface area (Å²) >= 11 is 0. The molecule has 0 amide bonds. The standard InChI is InChI=1S/C13H15F2N3O/c14-13(15)12(19)9-16-8-10-2-4-11(5-3-10)18-7-1-6-17-18/h1-7,12-13,16,19H,8-9H2. The van der Waals surface area contributed by atoms with Crippen molar-refractivity contribution in [3.63, 3.8) is 0 Å². The number of aliphatic hydroxyl groups excluding tert-OH is 1. The maximum atomic E-state index is 12.1. The normalized spacial score (nSPS) is 12.8.